The Morgan fingerprint density at radius 3 is 1.10 bits per heavy atom. The van der Waals surface area contributed by atoms with Crippen LogP contribution >= 0.6 is 0 Å². The molecule has 0 N–H and O–H groups in total. The fourth-order valence-electron chi connectivity index (χ4n) is 11.5. The van der Waals surface area contributed by atoms with Gasteiger partial charge in [0.1, 0.15) is 0 Å². The highest BCUT2D eigenvalue weighted by Crippen LogP contribution is 2.44. The molecular formula is C63H41N7. The number of allylic oxidation sites excluding steroid dienone is 4. The summed E-state index contributed by atoms with van der Waals surface area (Å²) in [6, 6.07) is 74.0. The van der Waals surface area contributed by atoms with E-state index >= 15 is 0 Å². The van der Waals surface area contributed by atoms with Crippen molar-refractivity contribution in [1.82, 2.24) is 33.2 Å². The van der Waals surface area contributed by atoms with E-state index in [1.165, 1.54) is 21.9 Å². The molecule has 0 aliphatic heterocycles. The Hall–Kier alpha value is -9.33. The minimum atomic E-state index is 0.537. The Labute approximate surface area is 401 Å². The molecule has 0 radical (unpaired) electrons. The van der Waals surface area contributed by atoms with Gasteiger partial charge in [-0.2, -0.15) is 15.0 Å². The van der Waals surface area contributed by atoms with Crippen molar-refractivity contribution in [2.24, 2.45) is 0 Å². The molecule has 5 aromatic heterocycles. The molecule has 0 atom stereocenters. The SMILES string of the molecule is C1=CCCC(c2ccc(-c3nc(-n4c5ccccc5c5ccc6c7ccccc7n(-c7ccccc7)c6c54)nc(-n4c5ccccc5c5ccc6c7ccccc7n(-c7ccccc7)c6c54)n3)cc2)=C1. The number of para-hydroxylation sites is 6. The lowest BCUT2D eigenvalue weighted by Gasteiger charge is -2.15. The summed E-state index contributed by atoms with van der Waals surface area (Å²) in [7, 11) is 0. The monoisotopic (exact) mass is 895 g/mol. The van der Waals surface area contributed by atoms with Crippen molar-refractivity contribution in [2.45, 2.75) is 12.8 Å². The van der Waals surface area contributed by atoms with Crippen LogP contribution in [0, 0.1) is 0 Å². The number of fused-ring (bicyclic) bond motifs is 14. The summed E-state index contributed by atoms with van der Waals surface area (Å²) in [5.74, 6) is 1.66. The minimum Gasteiger partial charge on any atom is -0.307 e. The quantitative estimate of drug-likeness (QED) is 0.167. The van der Waals surface area contributed by atoms with Gasteiger partial charge in [-0.3, -0.25) is 9.13 Å². The van der Waals surface area contributed by atoms with Crippen LogP contribution in [0.3, 0.4) is 0 Å². The third-order valence-corrected chi connectivity index (χ3v) is 14.5. The van der Waals surface area contributed by atoms with Crippen LogP contribution < -0.4 is 0 Å². The standard InChI is InChI=1S/C63H41N7/c1-4-18-40(19-5-1)41-32-34-42(35-33-41)61-64-62(69-55-30-16-12-26-47(55)51-38-36-49-45-24-10-14-28-53(45)67(57(49)59(51)69)43-20-6-2-7-21-43)66-63(65-61)70-56-31-17-13-27-48(56)52-39-37-50-46-25-11-15-29-54(46)68(58(50)60(52)70)44-22-8-3-9-23-44/h1-4,6-18,20-39H,5,19H2. The highest BCUT2D eigenvalue weighted by Gasteiger charge is 2.26. The number of rotatable bonds is 6. The lowest BCUT2D eigenvalue weighted by Crippen LogP contribution is -2.11. The summed E-state index contributed by atoms with van der Waals surface area (Å²) in [5.41, 5.74) is 14.2. The molecule has 0 amide bonds. The second-order valence-electron chi connectivity index (χ2n) is 18.3. The summed E-state index contributed by atoms with van der Waals surface area (Å²) in [5, 5.41) is 9.18. The van der Waals surface area contributed by atoms with Crippen LogP contribution in [-0.2, 0) is 0 Å². The van der Waals surface area contributed by atoms with E-state index in [-0.39, 0.29) is 0 Å². The van der Waals surface area contributed by atoms with Crippen LogP contribution in [0.25, 0.3) is 127 Å². The van der Waals surface area contributed by atoms with Gasteiger partial charge in [0.2, 0.25) is 11.9 Å². The van der Waals surface area contributed by atoms with Crippen LogP contribution in [0.4, 0.5) is 0 Å². The van der Waals surface area contributed by atoms with Crippen molar-refractivity contribution in [3.63, 3.8) is 0 Å². The zero-order valence-corrected chi connectivity index (χ0v) is 37.9. The normalized spacial score (nSPS) is 13.1. The number of aromatic nitrogens is 7. The molecule has 0 unspecified atom stereocenters. The molecule has 1 aliphatic carbocycles. The Morgan fingerprint density at radius 1 is 0.314 bits per heavy atom. The molecule has 9 aromatic carbocycles. The van der Waals surface area contributed by atoms with Crippen LogP contribution in [-0.4, -0.2) is 33.2 Å². The number of hydrogen-bond donors (Lipinski definition) is 0. The molecule has 0 fully saturated rings. The molecule has 0 bridgehead atoms. The largest absolute Gasteiger partial charge is 0.307 e. The van der Waals surface area contributed by atoms with E-state index < -0.39 is 0 Å². The van der Waals surface area contributed by atoms with E-state index in [0.717, 1.165) is 106 Å². The van der Waals surface area contributed by atoms with Gasteiger partial charge >= 0.3 is 0 Å². The molecule has 0 saturated carbocycles. The zero-order valence-electron chi connectivity index (χ0n) is 37.9. The predicted molar refractivity (Wildman–Crippen MR) is 289 cm³/mol. The molecule has 7 nitrogen and oxygen atoms in total. The molecule has 0 saturated heterocycles. The Bertz CT molecular complexity index is 4260. The lowest BCUT2D eigenvalue weighted by molar-refractivity contribution is 0.893. The van der Waals surface area contributed by atoms with Crippen LogP contribution in [0.1, 0.15) is 18.4 Å². The molecule has 14 aromatic rings. The maximum absolute atomic E-state index is 5.73. The van der Waals surface area contributed by atoms with Gasteiger partial charge < -0.3 is 9.13 Å². The number of hydrogen-bond acceptors (Lipinski definition) is 3. The van der Waals surface area contributed by atoms with E-state index in [2.05, 4.69) is 243 Å². The predicted octanol–water partition coefficient (Wildman–Crippen LogP) is 15.7. The average molecular weight is 896 g/mol. The Kier molecular flexibility index (Phi) is 8.35. The Balaban J connectivity index is 1.10. The van der Waals surface area contributed by atoms with Gasteiger partial charge in [0.25, 0.3) is 0 Å². The smallest absolute Gasteiger partial charge is 0.240 e. The van der Waals surface area contributed by atoms with Crippen LogP contribution in [0.5, 0.6) is 0 Å². The van der Waals surface area contributed by atoms with Crippen molar-refractivity contribution >= 4 is 92.8 Å². The van der Waals surface area contributed by atoms with Crippen molar-refractivity contribution in [3.8, 4) is 34.7 Å². The number of nitrogens with zero attached hydrogens (tertiary/aromatic N) is 7. The van der Waals surface area contributed by atoms with E-state index in [4.69, 9.17) is 15.0 Å². The highest BCUT2D eigenvalue weighted by atomic mass is 15.3. The van der Waals surface area contributed by atoms with E-state index in [0.29, 0.717) is 17.7 Å². The third-order valence-electron chi connectivity index (χ3n) is 14.5. The van der Waals surface area contributed by atoms with Gasteiger partial charge in [-0.05, 0) is 72.5 Å². The number of benzene rings is 9. The molecule has 5 heterocycles. The molecule has 7 heteroatoms. The second kappa shape index (κ2) is 15.1. The summed E-state index contributed by atoms with van der Waals surface area (Å²) in [6.07, 6.45) is 8.68. The topological polar surface area (TPSA) is 58.4 Å². The fraction of sp³-hybridized carbons (Fsp3) is 0.0317. The summed E-state index contributed by atoms with van der Waals surface area (Å²) in [6.45, 7) is 0. The van der Waals surface area contributed by atoms with Crippen LogP contribution in [0.2, 0.25) is 0 Å². The first kappa shape index (κ1) is 38.7. The second-order valence-corrected chi connectivity index (χ2v) is 18.3. The minimum absolute atomic E-state index is 0.537. The average Bonchev–Trinajstić information content (AvgIpc) is 4.17. The first-order valence-electron chi connectivity index (χ1n) is 24.0. The van der Waals surface area contributed by atoms with Crippen molar-refractivity contribution in [3.05, 3.63) is 230 Å². The summed E-state index contributed by atoms with van der Waals surface area (Å²) >= 11 is 0. The van der Waals surface area contributed by atoms with Gasteiger partial charge in [0.05, 0.1) is 44.1 Å². The Morgan fingerprint density at radius 2 is 0.686 bits per heavy atom. The maximum atomic E-state index is 5.73. The zero-order chi connectivity index (χ0) is 45.9. The van der Waals surface area contributed by atoms with Gasteiger partial charge in [0, 0.05) is 60.0 Å². The van der Waals surface area contributed by atoms with Gasteiger partial charge in [-0.1, -0.05) is 176 Å². The molecule has 70 heavy (non-hydrogen) atoms. The van der Waals surface area contributed by atoms with E-state index in [9.17, 15) is 0 Å². The van der Waals surface area contributed by atoms with Gasteiger partial charge in [0.15, 0.2) is 5.82 Å². The molecule has 0 spiro atoms. The van der Waals surface area contributed by atoms with Crippen molar-refractivity contribution in [1.29, 1.82) is 0 Å². The van der Waals surface area contributed by atoms with Crippen molar-refractivity contribution < 1.29 is 0 Å². The summed E-state index contributed by atoms with van der Waals surface area (Å²) < 4.78 is 9.40. The van der Waals surface area contributed by atoms with E-state index in [1.807, 2.05) is 0 Å². The van der Waals surface area contributed by atoms with Crippen molar-refractivity contribution in [2.75, 3.05) is 0 Å². The molecule has 15 rings (SSSR count). The molecule has 1 aliphatic rings. The highest BCUT2D eigenvalue weighted by molar-refractivity contribution is 6.25. The molecular weight excluding hydrogens is 855 g/mol. The van der Waals surface area contributed by atoms with Gasteiger partial charge in [-0.25, -0.2) is 0 Å². The van der Waals surface area contributed by atoms with Crippen LogP contribution in [0.15, 0.2) is 224 Å². The first-order valence-corrected chi connectivity index (χ1v) is 24.0. The molecule has 328 valence electrons. The maximum Gasteiger partial charge on any atom is 0.240 e. The lowest BCUT2D eigenvalue weighted by atomic mass is 9.96. The first-order chi connectivity index (χ1) is 34.8. The summed E-state index contributed by atoms with van der Waals surface area (Å²) in [4.78, 5) is 16.9. The third kappa shape index (κ3) is 5.60. The van der Waals surface area contributed by atoms with Gasteiger partial charge in [-0.15, -0.1) is 0 Å². The van der Waals surface area contributed by atoms with E-state index in [1.54, 1.807) is 0 Å². The fourth-order valence-corrected chi connectivity index (χ4v) is 11.5.